The Labute approximate surface area is 194 Å². The molecule has 2 aromatic carbocycles. The van der Waals surface area contributed by atoms with Crippen molar-refractivity contribution in [2.75, 3.05) is 26.2 Å². The van der Waals surface area contributed by atoms with Crippen LogP contribution in [0.4, 0.5) is 4.39 Å². The molecule has 1 amide bonds. The number of carbonyl (C=O) groups excluding carboxylic acids is 1. The lowest BCUT2D eigenvalue weighted by Crippen LogP contribution is -2.54. The van der Waals surface area contributed by atoms with Crippen LogP contribution in [0.15, 0.2) is 36.4 Å². The van der Waals surface area contributed by atoms with Gasteiger partial charge < -0.3 is 14.4 Å². The Morgan fingerprint density at radius 2 is 1.67 bits per heavy atom. The van der Waals surface area contributed by atoms with Crippen molar-refractivity contribution in [1.29, 1.82) is 0 Å². The van der Waals surface area contributed by atoms with E-state index in [1.54, 1.807) is 11.0 Å². The third-order valence-corrected chi connectivity index (χ3v) is 7.92. The number of carbonyl (C=O) groups is 1. The summed E-state index contributed by atoms with van der Waals surface area (Å²) in [4.78, 5) is 16.9. The fourth-order valence-corrected chi connectivity index (χ4v) is 5.60. The van der Waals surface area contributed by atoms with Crippen LogP contribution in [0, 0.1) is 5.82 Å². The number of likely N-dealkylation sites (tertiary alicyclic amines) is 2. The summed E-state index contributed by atoms with van der Waals surface area (Å²) in [5.41, 5.74) is 2.79. The van der Waals surface area contributed by atoms with Crippen molar-refractivity contribution in [1.82, 2.24) is 9.80 Å². The molecule has 0 radical (unpaired) electrons. The standard InChI is InChI=1S/C27H31FN2O3/c28-24-17-20(6-8-23(24)26(31)30-12-1-2-13-30)19-7-9-25-21(16-19)18-32-27(33-25)10-14-29(15-11-27)22-4-3-5-22/h6-9,16-17,22H,1-5,10-15,18H2. The molecule has 174 valence electrons. The summed E-state index contributed by atoms with van der Waals surface area (Å²) in [5, 5.41) is 0. The number of halogens is 1. The molecule has 2 saturated heterocycles. The quantitative estimate of drug-likeness (QED) is 0.661. The maximum absolute atomic E-state index is 14.8. The molecule has 1 saturated carbocycles. The van der Waals surface area contributed by atoms with Crippen LogP contribution in [0.1, 0.15) is 60.9 Å². The Morgan fingerprint density at radius 1 is 0.939 bits per heavy atom. The summed E-state index contributed by atoms with van der Waals surface area (Å²) >= 11 is 0. The highest BCUT2D eigenvalue weighted by atomic mass is 19.1. The molecule has 33 heavy (non-hydrogen) atoms. The van der Waals surface area contributed by atoms with Crippen LogP contribution in [0.25, 0.3) is 11.1 Å². The number of benzene rings is 2. The number of hydrogen-bond acceptors (Lipinski definition) is 4. The number of fused-ring (bicyclic) bond motifs is 1. The summed E-state index contributed by atoms with van der Waals surface area (Å²) in [6.45, 7) is 3.98. The second kappa shape index (κ2) is 8.41. The highest BCUT2D eigenvalue weighted by molar-refractivity contribution is 5.95. The zero-order valence-corrected chi connectivity index (χ0v) is 19.0. The Hall–Kier alpha value is -2.44. The van der Waals surface area contributed by atoms with Gasteiger partial charge in [-0.15, -0.1) is 0 Å². The third-order valence-electron chi connectivity index (χ3n) is 7.92. The maximum atomic E-state index is 14.8. The molecule has 1 aliphatic carbocycles. The monoisotopic (exact) mass is 450 g/mol. The Balaban J connectivity index is 1.16. The molecular weight excluding hydrogens is 419 g/mol. The molecule has 5 nitrogen and oxygen atoms in total. The van der Waals surface area contributed by atoms with Crippen LogP contribution in [-0.4, -0.2) is 53.7 Å². The normalized spacial score (nSPS) is 22.6. The van der Waals surface area contributed by atoms with E-state index in [2.05, 4.69) is 4.90 Å². The fraction of sp³-hybridized carbons (Fsp3) is 0.519. The molecule has 0 aromatic heterocycles. The highest BCUT2D eigenvalue weighted by Gasteiger charge is 2.42. The second-order valence-corrected chi connectivity index (χ2v) is 9.94. The minimum absolute atomic E-state index is 0.153. The van der Waals surface area contributed by atoms with E-state index < -0.39 is 11.6 Å². The molecule has 0 atom stereocenters. The molecule has 6 rings (SSSR count). The topological polar surface area (TPSA) is 42.0 Å². The van der Waals surface area contributed by atoms with Gasteiger partial charge in [-0.1, -0.05) is 18.6 Å². The minimum atomic E-state index is -0.515. The molecule has 3 aliphatic heterocycles. The average molecular weight is 451 g/mol. The zero-order chi connectivity index (χ0) is 22.4. The van der Waals surface area contributed by atoms with Crippen LogP contribution in [-0.2, 0) is 11.3 Å². The Morgan fingerprint density at radius 3 is 2.36 bits per heavy atom. The first-order chi connectivity index (χ1) is 16.1. The van der Waals surface area contributed by atoms with Crippen molar-refractivity contribution < 1.29 is 18.7 Å². The fourth-order valence-electron chi connectivity index (χ4n) is 5.60. The Bertz CT molecular complexity index is 1050. The van der Waals surface area contributed by atoms with Gasteiger partial charge in [0.15, 0.2) is 0 Å². The van der Waals surface area contributed by atoms with Gasteiger partial charge in [0, 0.05) is 50.6 Å². The smallest absolute Gasteiger partial charge is 0.256 e. The van der Waals surface area contributed by atoms with Crippen molar-refractivity contribution in [2.45, 2.75) is 63.4 Å². The number of piperidine rings is 1. The van der Waals surface area contributed by atoms with E-state index in [-0.39, 0.29) is 11.5 Å². The largest absolute Gasteiger partial charge is 0.462 e. The molecule has 1 spiro atoms. The van der Waals surface area contributed by atoms with Gasteiger partial charge in [-0.2, -0.15) is 0 Å². The van der Waals surface area contributed by atoms with Crippen molar-refractivity contribution in [3.05, 3.63) is 53.3 Å². The van der Waals surface area contributed by atoms with Crippen molar-refractivity contribution in [3.63, 3.8) is 0 Å². The molecule has 0 unspecified atom stereocenters. The molecular formula is C27H31FN2O3. The molecule has 0 bridgehead atoms. The van der Waals surface area contributed by atoms with E-state index in [1.165, 1.54) is 25.3 Å². The number of hydrogen-bond donors (Lipinski definition) is 0. The van der Waals surface area contributed by atoms with Crippen molar-refractivity contribution >= 4 is 5.91 Å². The lowest BCUT2D eigenvalue weighted by Gasteiger charge is -2.47. The van der Waals surface area contributed by atoms with Gasteiger partial charge in [-0.3, -0.25) is 9.69 Å². The van der Waals surface area contributed by atoms with E-state index in [0.29, 0.717) is 19.7 Å². The summed E-state index contributed by atoms with van der Waals surface area (Å²) in [7, 11) is 0. The molecule has 3 fully saturated rings. The summed E-state index contributed by atoms with van der Waals surface area (Å²) in [6, 6.07) is 11.6. The van der Waals surface area contributed by atoms with Gasteiger partial charge in [-0.05, 0) is 61.1 Å². The highest BCUT2D eigenvalue weighted by Crippen LogP contribution is 2.40. The third kappa shape index (κ3) is 3.93. The van der Waals surface area contributed by atoms with E-state index in [4.69, 9.17) is 9.47 Å². The van der Waals surface area contributed by atoms with Gasteiger partial charge in [0.1, 0.15) is 11.6 Å². The Kier molecular flexibility index (Phi) is 5.38. The second-order valence-electron chi connectivity index (χ2n) is 9.94. The molecule has 2 aromatic rings. The summed E-state index contributed by atoms with van der Waals surface area (Å²) in [5.74, 6) is -0.328. The maximum Gasteiger partial charge on any atom is 0.256 e. The first kappa shape index (κ1) is 21.1. The van der Waals surface area contributed by atoms with Crippen LogP contribution in [0.5, 0.6) is 5.75 Å². The zero-order valence-electron chi connectivity index (χ0n) is 19.0. The molecule has 3 heterocycles. The van der Waals surface area contributed by atoms with E-state index in [1.807, 2.05) is 24.3 Å². The predicted octanol–water partition coefficient (Wildman–Crippen LogP) is 4.98. The first-order valence-corrected chi connectivity index (χ1v) is 12.4. The van der Waals surface area contributed by atoms with E-state index >= 15 is 0 Å². The van der Waals surface area contributed by atoms with Gasteiger partial charge in [0.25, 0.3) is 5.91 Å². The van der Waals surface area contributed by atoms with Gasteiger partial charge in [0.2, 0.25) is 5.79 Å². The van der Waals surface area contributed by atoms with Crippen molar-refractivity contribution in [2.24, 2.45) is 0 Å². The molecule has 6 heteroatoms. The van der Waals surface area contributed by atoms with Crippen LogP contribution in [0.2, 0.25) is 0 Å². The van der Waals surface area contributed by atoms with Crippen LogP contribution < -0.4 is 4.74 Å². The van der Waals surface area contributed by atoms with E-state index in [0.717, 1.165) is 67.3 Å². The number of amides is 1. The lowest BCUT2D eigenvalue weighted by molar-refractivity contribution is -0.231. The molecule has 4 aliphatic rings. The number of ether oxygens (including phenoxy) is 2. The first-order valence-electron chi connectivity index (χ1n) is 12.4. The van der Waals surface area contributed by atoms with Gasteiger partial charge in [0.05, 0.1) is 12.2 Å². The summed E-state index contributed by atoms with van der Waals surface area (Å²) < 4.78 is 27.5. The SMILES string of the molecule is O=C(c1ccc(-c2ccc3c(c2)COC2(CCN(C4CCC4)CC2)O3)cc1F)N1CCCC1. The number of rotatable bonds is 3. The van der Waals surface area contributed by atoms with Crippen LogP contribution in [0.3, 0.4) is 0 Å². The van der Waals surface area contributed by atoms with Gasteiger partial charge >= 0.3 is 0 Å². The summed E-state index contributed by atoms with van der Waals surface area (Å²) in [6.07, 6.45) is 7.78. The molecule has 0 N–H and O–H groups in total. The minimum Gasteiger partial charge on any atom is -0.462 e. The van der Waals surface area contributed by atoms with E-state index in [9.17, 15) is 9.18 Å². The number of nitrogens with zero attached hydrogens (tertiary/aromatic N) is 2. The van der Waals surface area contributed by atoms with Crippen LogP contribution >= 0.6 is 0 Å². The average Bonchev–Trinajstić information content (AvgIpc) is 3.34. The van der Waals surface area contributed by atoms with Gasteiger partial charge in [-0.25, -0.2) is 4.39 Å². The predicted molar refractivity (Wildman–Crippen MR) is 124 cm³/mol. The lowest BCUT2D eigenvalue weighted by atomic mass is 9.89. The van der Waals surface area contributed by atoms with Crippen molar-refractivity contribution in [3.8, 4) is 16.9 Å².